The molecule has 0 aromatic heterocycles. The van der Waals surface area contributed by atoms with E-state index in [0.29, 0.717) is 17.5 Å². The molecule has 0 saturated carbocycles. The lowest BCUT2D eigenvalue weighted by atomic mass is 9.98. The number of alkyl carbamates (subject to hydrolysis) is 1. The van der Waals surface area contributed by atoms with Gasteiger partial charge in [-0.2, -0.15) is 0 Å². The van der Waals surface area contributed by atoms with E-state index in [9.17, 15) is 14.7 Å². The highest BCUT2D eigenvalue weighted by atomic mass is 16.5. The molecule has 0 radical (unpaired) electrons. The molecule has 7 heteroatoms. The van der Waals surface area contributed by atoms with Crippen molar-refractivity contribution in [2.75, 3.05) is 20.3 Å². The van der Waals surface area contributed by atoms with Gasteiger partial charge in [0.25, 0.3) is 0 Å². The summed E-state index contributed by atoms with van der Waals surface area (Å²) in [4.78, 5) is 23.0. The van der Waals surface area contributed by atoms with Gasteiger partial charge in [0.1, 0.15) is 6.61 Å². The first-order valence-electron chi connectivity index (χ1n) is 11.4. The Bertz CT molecular complexity index is 1340. The maximum absolute atomic E-state index is 12.3. The van der Waals surface area contributed by atoms with Gasteiger partial charge in [0.15, 0.2) is 11.5 Å². The van der Waals surface area contributed by atoms with Crippen molar-refractivity contribution in [1.29, 1.82) is 0 Å². The van der Waals surface area contributed by atoms with E-state index in [1.165, 1.54) is 30.4 Å². The third kappa shape index (κ3) is 5.50. The molecule has 0 unspecified atom stereocenters. The maximum Gasteiger partial charge on any atom is 0.407 e. The second-order valence-electron chi connectivity index (χ2n) is 8.10. The van der Waals surface area contributed by atoms with Gasteiger partial charge in [0.05, 0.1) is 12.7 Å². The van der Waals surface area contributed by atoms with Gasteiger partial charge in [-0.25, -0.2) is 9.59 Å². The van der Waals surface area contributed by atoms with Crippen molar-refractivity contribution < 1.29 is 29.3 Å². The zero-order valence-electron chi connectivity index (χ0n) is 19.7. The number of carboxylic acids is 1. The van der Waals surface area contributed by atoms with E-state index >= 15 is 0 Å². The van der Waals surface area contributed by atoms with E-state index in [1.807, 2.05) is 24.3 Å². The largest absolute Gasteiger partial charge is 0.503 e. The molecule has 1 aliphatic rings. The van der Waals surface area contributed by atoms with Gasteiger partial charge in [-0.3, -0.25) is 0 Å². The number of phenolic OH excluding ortho intramolecular Hbond substituents is 1. The lowest BCUT2D eigenvalue weighted by Crippen LogP contribution is -2.26. The zero-order valence-corrected chi connectivity index (χ0v) is 19.7. The van der Waals surface area contributed by atoms with Crippen LogP contribution in [0.1, 0.15) is 34.6 Å². The second-order valence-corrected chi connectivity index (χ2v) is 8.10. The average Bonchev–Trinajstić information content (AvgIpc) is 3.21. The molecule has 0 aliphatic heterocycles. The minimum atomic E-state index is -1.09. The van der Waals surface area contributed by atoms with Crippen LogP contribution in [0.3, 0.4) is 0 Å². The van der Waals surface area contributed by atoms with E-state index in [4.69, 9.17) is 14.6 Å². The highest BCUT2D eigenvalue weighted by molar-refractivity contribution is 5.85. The molecule has 0 bridgehead atoms. The molecule has 4 rings (SSSR count). The number of aromatic hydroxyl groups is 1. The van der Waals surface area contributed by atoms with Crippen molar-refractivity contribution in [3.8, 4) is 34.5 Å². The molecule has 0 atom stereocenters. The average molecular weight is 484 g/mol. The van der Waals surface area contributed by atoms with Crippen LogP contribution in [0, 0.1) is 11.8 Å². The van der Waals surface area contributed by atoms with E-state index < -0.39 is 12.1 Å². The first kappa shape index (κ1) is 24.4. The highest BCUT2D eigenvalue weighted by Crippen LogP contribution is 2.44. The quantitative estimate of drug-likeness (QED) is 0.254. The molecule has 0 heterocycles. The number of carboxylic acid groups (broad SMARTS) is 1. The third-order valence-electron chi connectivity index (χ3n) is 5.82. The minimum absolute atomic E-state index is 0.0108. The molecule has 7 nitrogen and oxygen atoms in total. The van der Waals surface area contributed by atoms with Crippen LogP contribution in [-0.2, 0) is 9.53 Å². The van der Waals surface area contributed by atoms with Gasteiger partial charge in [-0.1, -0.05) is 60.4 Å². The fraction of sp³-hybridized carbons (Fsp3) is 0.172. The molecule has 1 amide bonds. The van der Waals surface area contributed by atoms with Crippen LogP contribution in [0.25, 0.3) is 17.2 Å². The summed E-state index contributed by atoms with van der Waals surface area (Å²) in [6.45, 7) is 0.496. The van der Waals surface area contributed by atoms with Crippen molar-refractivity contribution in [2.45, 2.75) is 12.3 Å². The molecule has 0 saturated heterocycles. The normalized spacial score (nSPS) is 11.8. The van der Waals surface area contributed by atoms with Crippen LogP contribution < -0.4 is 10.1 Å². The van der Waals surface area contributed by atoms with E-state index in [0.717, 1.165) is 17.2 Å². The van der Waals surface area contributed by atoms with Gasteiger partial charge < -0.3 is 25.0 Å². The summed E-state index contributed by atoms with van der Waals surface area (Å²) in [6, 6.07) is 19.3. The standard InChI is InChI=1S/C29H25NO6/c1-35-26-17-19(13-14-27(31)32)16-20(28(26)33)8-6-7-15-30-29(34)36-18-25-23-11-4-2-9-21(23)22-10-3-5-12-24(22)25/h2-5,9-14,16-17,25,33H,7,15,18H2,1H3,(H,30,34)(H,31,32). The summed E-state index contributed by atoms with van der Waals surface area (Å²) in [5, 5.41) is 21.8. The highest BCUT2D eigenvalue weighted by Gasteiger charge is 2.28. The Morgan fingerprint density at radius 3 is 2.36 bits per heavy atom. The van der Waals surface area contributed by atoms with E-state index in [1.54, 1.807) is 6.07 Å². The zero-order chi connectivity index (χ0) is 25.5. The smallest absolute Gasteiger partial charge is 0.407 e. The Hall–Kier alpha value is -4.70. The van der Waals surface area contributed by atoms with Gasteiger partial charge >= 0.3 is 12.1 Å². The predicted octanol–water partition coefficient (Wildman–Crippen LogP) is 4.78. The number of hydrogen-bond acceptors (Lipinski definition) is 5. The summed E-state index contributed by atoms with van der Waals surface area (Å²) in [6.07, 6.45) is 2.17. The second kappa shape index (κ2) is 11.2. The number of aliphatic carboxylic acids is 1. The minimum Gasteiger partial charge on any atom is -0.503 e. The number of carbonyl (C=O) groups excluding carboxylic acids is 1. The summed E-state index contributed by atoms with van der Waals surface area (Å²) in [7, 11) is 1.40. The molecule has 3 aromatic rings. The SMILES string of the molecule is COc1cc(C=CC(=O)O)cc(C#CCCNC(=O)OCC2c3ccccc3-c3ccccc32)c1O. The van der Waals surface area contributed by atoms with Crippen molar-refractivity contribution >= 4 is 18.1 Å². The number of fused-ring (bicyclic) bond motifs is 3. The summed E-state index contributed by atoms with van der Waals surface area (Å²) in [5.41, 5.74) is 5.44. The lowest BCUT2D eigenvalue weighted by Gasteiger charge is -2.14. The Balaban J connectivity index is 1.32. The predicted molar refractivity (Wildman–Crippen MR) is 136 cm³/mol. The fourth-order valence-corrected chi connectivity index (χ4v) is 4.18. The maximum atomic E-state index is 12.3. The number of nitrogens with one attached hydrogen (secondary N) is 1. The number of carbonyl (C=O) groups is 2. The molecular weight excluding hydrogens is 458 g/mol. The molecule has 182 valence electrons. The van der Waals surface area contributed by atoms with E-state index in [2.05, 4.69) is 41.4 Å². The van der Waals surface area contributed by atoms with Crippen molar-refractivity contribution in [2.24, 2.45) is 0 Å². The number of rotatable bonds is 7. The van der Waals surface area contributed by atoms with Gasteiger partial charge in [-0.15, -0.1) is 0 Å². The Kier molecular flexibility index (Phi) is 7.57. The molecule has 3 aromatic carbocycles. The van der Waals surface area contributed by atoms with E-state index in [-0.39, 0.29) is 30.6 Å². The number of amides is 1. The molecule has 36 heavy (non-hydrogen) atoms. The number of phenols is 1. The topological polar surface area (TPSA) is 105 Å². The first-order valence-corrected chi connectivity index (χ1v) is 11.4. The Morgan fingerprint density at radius 2 is 1.72 bits per heavy atom. The number of ether oxygens (including phenoxy) is 2. The van der Waals surface area contributed by atoms with Gasteiger partial charge in [0.2, 0.25) is 0 Å². The van der Waals surface area contributed by atoms with Gasteiger partial charge in [0, 0.05) is 25.0 Å². The number of benzene rings is 3. The molecule has 1 aliphatic carbocycles. The molecule has 3 N–H and O–H groups in total. The first-order chi connectivity index (χ1) is 17.5. The summed E-state index contributed by atoms with van der Waals surface area (Å²) < 4.78 is 10.6. The lowest BCUT2D eigenvalue weighted by molar-refractivity contribution is -0.131. The van der Waals surface area contributed by atoms with Crippen molar-refractivity contribution in [1.82, 2.24) is 5.32 Å². The summed E-state index contributed by atoms with van der Waals surface area (Å²) >= 11 is 0. The molecular formula is C29H25NO6. The van der Waals surface area contributed by atoms with Crippen molar-refractivity contribution in [3.63, 3.8) is 0 Å². The van der Waals surface area contributed by atoms with Gasteiger partial charge in [-0.05, 0) is 46.0 Å². The molecule has 0 fully saturated rings. The Labute approximate surface area is 209 Å². The third-order valence-corrected chi connectivity index (χ3v) is 5.82. The van der Waals surface area contributed by atoms with Crippen molar-refractivity contribution in [3.05, 3.63) is 89.0 Å². The van der Waals surface area contributed by atoms with Crippen LogP contribution >= 0.6 is 0 Å². The number of hydrogen-bond donors (Lipinski definition) is 3. The Morgan fingerprint density at radius 1 is 1.06 bits per heavy atom. The van der Waals surface area contributed by atoms with Crippen LogP contribution in [0.15, 0.2) is 66.7 Å². The number of methoxy groups -OCH3 is 1. The fourth-order valence-electron chi connectivity index (χ4n) is 4.18. The summed E-state index contributed by atoms with van der Waals surface area (Å²) in [5.74, 6) is 4.67. The monoisotopic (exact) mass is 483 g/mol. The van der Waals surface area contributed by atoms with Crippen LogP contribution in [-0.4, -0.2) is 42.5 Å². The van der Waals surface area contributed by atoms with Crippen LogP contribution in [0.5, 0.6) is 11.5 Å². The molecule has 0 spiro atoms. The van der Waals surface area contributed by atoms with Crippen LogP contribution in [0.4, 0.5) is 4.79 Å². The van der Waals surface area contributed by atoms with Crippen LogP contribution in [0.2, 0.25) is 0 Å².